The predicted molar refractivity (Wildman–Crippen MR) is 128 cm³/mol. The second-order valence-corrected chi connectivity index (χ2v) is 9.23. The molecule has 2 aromatic heterocycles. The van der Waals surface area contributed by atoms with Crippen molar-refractivity contribution < 1.29 is 4.79 Å². The van der Waals surface area contributed by atoms with Gasteiger partial charge in [0.2, 0.25) is 5.91 Å². The first kappa shape index (κ1) is 22.6. The number of anilines is 1. The number of amides is 1. The third kappa shape index (κ3) is 4.94. The first-order valence-corrected chi connectivity index (χ1v) is 11.3. The zero-order valence-electron chi connectivity index (χ0n) is 19.2. The highest BCUT2D eigenvalue weighted by atomic mass is 16.2. The van der Waals surface area contributed by atoms with E-state index in [9.17, 15) is 4.79 Å². The number of likely N-dealkylation sites (tertiary alicyclic amines) is 1. The number of aromatic nitrogens is 2. The minimum Gasteiger partial charge on any atom is -0.324 e. The predicted octanol–water partition coefficient (Wildman–Crippen LogP) is 4.55. The Hall–Kier alpha value is -3.56. The lowest BCUT2D eigenvalue weighted by atomic mass is 9.80. The van der Waals surface area contributed by atoms with E-state index in [1.807, 2.05) is 60.8 Å². The van der Waals surface area contributed by atoms with E-state index in [4.69, 9.17) is 5.26 Å². The largest absolute Gasteiger partial charge is 0.324 e. The molecule has 1 fully saturated rings. The van der Waals surface area contributed by atoms with Gasteiger partial charge in [0.15, 0.2) is 0 Å². The van der Waals surface area contributed by atoms with Crippen LogP contribution in [0.3, 0.4) is 0 Å². The van der Waals surface area contributed by atoms with Gasteiger partial charge in [-0.05, 0) is 75.1 Å². The Kier molecular flexibility index (Phi) is 6.52. The summed E-state index contributed by atoms with van der Waals surface area (Å²) >= 11 is 0. The molecule has 168 valence electrons. The number of nitrogens with one attached hydrogen (secondary N) is 1. The number of nitrogens with zero attached hydrogens (tertiary/aromatic N) is 4. The Balaban J connectivity index is 1.57. The fourth-order valence-corrected chi connectivity index (χ4v) is 4.57. The van der Waals surface area contributed by atoms with Crippen LogP contribution < -0.4 is 5.32 Å². The van der Waals surface area contributed by atoms with Gasteiger partial charge in [0.05, 0.1) is 40.2 Å². The SMILES string of the molecule is CC(C)(c1ccccn1)N1CC[C@@](CCc2ccc(C#N)cc2)(C(=O)Nc2cccnc2)C1. The smallest absolute Gasteiger partial charge is 0.231 e. The van der Waals surface area contributed by atoms with Crippen LogP contribution in [-0.2, 0) is 16.8 Å². The molecule has 0 spiro atoms. The maximum Gasteiger partial charge on any atom is 0.231 e. The number of carbonyl (C=O) groups excluding carboxylic acids is 1. The summed E-state index contributed by atoms with van der Waals surface area (Å²) in [7, 11) is 0. The van der Waals surface area contributed by atoms with Crippen molar-refractivity contribution in [1.82, 2.24) is 14.9 Å². The van der Waals surface area contributed by atoms with Gasteiger partial charge < -0.3 is 5.32 Å². The molecule has 1 saturated heterocycles. The summed E-state index contributed by atoms with van der Waals surface area (Å²) in [5, 5.41) is 12.2. The third-order valence-electron chi connectivity index (χ3n) is 6.81. The van der Waals surface area contributed by atoms with E-state index >= 15 is 0 Å². The highest BCUT2D eigenvalue weighted by Gasteiger charge is 2.48. The molecule has 1 atom stereocenters. The van der Waals surface area contributed by atoms with Gasteiger partial charge in [0, 0.05) is 25.5 Å². The molecular weight excluding hydrogens is 410 g/mol. The Morgan fingerprint density at radius 1 is 1.15 bits per heavy atom. The monoisotopic (exact) mass is 439 g/mol. The maximum atomic E-state index is 13.6. The van der Waals surface area contributed by atoms with Crippen LogP contribution >= 0.6 is 0 Å². The Morgan fingerprint density at radius 2 is 1.97 bits per heavy atom. The first-order chi connectivity index (χ1) is 15.9. The molecule has 1 aliphatic heterocycles. The number of rotatable bonds is 7. The standard InChI is InChI=1S/C27H29N5O/c1-26(2,24-7-3-4-16-30-24)32-17-14-27(20-32,25(33)31-23-6-5-15-29-19-23)13-12-21-8-10-22(18-28)11-9-21/h3-11,15-16,19H,12-14,17,20H2,1-2H3,(H,31,33)/t27-/m1/s1. The van der Waals surface area contributed by atoms with Gasteiger partial charge in [-0.15, -0.1) is 0 Å². The van der Waals surface area contributed by atoms with E-state index in [1.54, 1.807) is 12.4 Å². The summed E-state index contributed by atoms with van der Waals surface area (Å²) in [6.07, 6.45) is 7.45. The molecule has 0 bridgehead atoms. The van der Waals surface area contributed by atoms with E-state index < -0.39 is 5.41 Å². The van der Waals surface area contributed by atoms with Crippen molar-refractivity contribution in [2.75, 3.05) is 18.4 Å². The number of benzene rings is 1. The number of pyridine rings is 2. The Bertz CT molecular complexity index is 1120. The van der Waals surface area contributed by atoms with Gasteiger partial charge in [0.1, 0.15) is 0 Å². The number of aryl methyl sites for hydroxylation is 1. The second kappa shape index (κ2) is 9.51. The van der Waals surface area contributed by atoms with Crippen LogP contribution in [0.5, 0.6) is 0 Å². The molecule has 1 aromatic carbocycles. The van der Waals surface area contributed by atoms with Crippen LogP contribution in [0, 0.1) is 16.7 Å². The average molecular weight is 440 g/mol. The lowest BCUT2D eigenvalue weighted by Gasteiger charge is -2.37. The number of nitriles is 1. The van der Waals surface area contributed by atoms with Gasteiger partial charge >= 0.3 is 0 Å². The third-order valence-corrected chi connectivity index (χ3v) is 6.81. The van der Waals surface area contributed by atoms with Gasteiger partial charge in [-0.2, -0.15) is 5.26 Å². The van der Waals surface area contributed by atoms with Crippen molar-refractivity contribution in [2.24, 2.45) is 5.41 Å². The molecule has 0 unspecified atom stereocenters. The van der Waals surface area contributed by atoms with Crippen molar-refractivity contribution in [1.29, 1.82) is 5.26 Å². The Morgan fingerprint density at radius 3 is 2.64 bits per heavy atom. The molecule has 4 rings (SSSR count). The summed E-state index contributed by atoms with van der Waals surface area (Å²) in [6.45, 7) is 5.81. The molecule has 0 aliphatic carbocycles. The van der Waals surface area contributed by atoms with Crippen LogP contribution in [0.4, 0.5) is 5.69 Å². The number of hydrogen-bond donors (Lipinski definition) is 1. The van der Waals surface area contributed by atoms with Crippen LogP contribution in [0.1, 0.15) is 43.5 Å². The van der Waals surface area contributed by atoms with Crippen molar-refractivity contribution in [3.05, 3.63) is 90.0 Å². The normalized spacial score (nSPS) is 18.6. The average Bonchev–Trinajstić information content (AvgIpc) is 3.31. The molecule has 6 heteroatoms. The van der Waals surface area contributed by atoms with E-state index in [0.717, 1.165) is 37.1 Å². The molecule has 33 heavy (non-hydrogen) atoms. The molecule has 3 aromatic rings. The highest BCUT2D eigenvalue weighted by molar-refractivity contribution is 5.95. The second-order valence-electron chi connectivity index (χ2n) is 9.23. The van der Waals surface area contributed by atoms with Gasteiger partial charge in [0.25, 0.3) is 0 Å². The Labute approximate surface area is 195 Å². The van der Waals surface area contributed by atoms with E-state index in [-0.39, 0.29) is 11.4 Å². The molecule has 0 radical (unpaired) electrons. The van der Waals surface area contributed by atoms with Crippen molar-refractivity contribution in [3.63, 3.8) is 0 Å². The summed E-state index contributed by atoms with van der Waals surface area (Å²) in [5.74, 6) is 0.0310. The highest BCUT2D eigenvalue weighted by Crippen LogP contribution is 2.42. The van der Waals surface area contributed by atoms with Crippen LogP contribution in [0.25, 0.3) is 0 Å². The van der Waals surface area contributed by atoms with Gasteiger partial charge in [-0.25, -0.2) is 0 Å². The van der Waals surface area contributed by atoms with E-state index in [0.29, 0.717) is 17.8 Å². The minimum absolute atomic E-state index is 0.0310. The first-order valence-electron chi connectivity index (χ1n) is 11.3. The molecule has 6 nitrogen and oxygen atoms in total. The van der Waals surface area contributed by atoms with E-state index in [2.05, 4.69) is 40.1 Å². The van der Waals surface area contributed by atoms with Gasteiger partial charge in [-0.1, -0.05) is 18.2 Å². The number of hydrogen-bond acceptors (Lipinski definition) is 5. The fourth-order valence-electron chi connectivity index (χ4n) is 4.57. The van der Waals surface area contributed by atoms with Crippen LogP contribution in [0.2, 0.25) is 0 Å². The van der Waals surface area contributed by atoms with Crippen molar-refractivity contribution >= 4 is 11.6 Å². The molecule has 1 aliphatic rings. The lowest BCUT2D eigenvalue weighted by Crippen LogP contribution is -2.45. The van der Waals surface area contributed by atoms with Gasteiger partial charge in [-0.3, -0.25) is 19.7 Å². The molecular formula is C27H29N5O. The zero-order chi connectivity index (χ0) is 23.3. The summed E-state index contributed by atoms with van der Waals surface area (Å²) in [5.41, 5.74) is 2.67. The molecule has 0 saturated carbocycles. The number of carbonyl (C=O) groups is 1. The summed E-state index contributed by atoms with van der Waals surface area (Å²) in [4.78, 5) is 24.7. The minimum atomic E-state index is -0.532. The van der Waals surface area contributed by atoms with E-state index in [1.165, 1.54) is 0 Å². The van der Waals surface area contributed by atoms with Crippen LogP contribution in [-0.4, -0.2) is 33.9 Å². The topological polar surface area (TPSA) is 81.9 Å². The summed E-state index contributed by atoms with van der Waals surface area (Å²) in [6, 6.07) is 19.5. The fraction of sp³-hybridized carbons (Fsp3) is 0.333. The molecule has 1 amide bonds. The van der Waals surface area contributed by atoms with Crippen molar-refractivity contribution in [3.8, 4) is 6.07 Å². The lowest BCUT2D eigenvalue weighted by molar-refractivity contribution is -0.125. The van der Waals surface area contributed by atoms with Crippen molar-refractivity contribution in [2.45, 2.75) is 38.6 Å². The quantitative estimate of drug-likeness (QED) is 0.584. The van der Waals surface area contributed by atoms with Crippen LogP contribution in [0.15, 0.2) is 73.2 Å². The summed E-state index contributed by atoms with van der Waals surface area (Å²) < 4.78 is 0. The maximum absolute atomic E-state index is 13.6. The molecule has 3 heterocycles. The zero-order valence-corrected chi connectivity index (χ0v) is 19.2. The molecule has 1 N–H and O–H groups in total.